The molecular weight excluding hydrogens is 494 g/mol. The molecule has 0 aliphatic heterocycles. The van der Waals surface area contributed by atoms with E-state index >= 15 is 0 Å². The van der Waals surface area contributed by atoms with E-state index in [1.807, 2.05) is 5.32 Å². The summed E-state index contributed by atoms with van der Waals surface area (Å²) in [7, 11) is 0. The minimum absolute atomic E-state index is 0.0355. The lowest BCUT2D eigenvalue weighted by Crippen LogP contribution is -2.20. The van der Waals surface area contributed by atoms with Gasteiger partial charge in [-0.05, 0) is 73.7 Å². The number of hydrogen-bond acceptors (Lipinski definition) is 4. The van der Waals surface area contributed by atoms with Gasteiger partial charge in [-0.2, -0.15) is 26.3 Å². The number of amides is 2. The zero-order valence-electron chi connectivity index (χ0n) is 18.5. The van der Waals surface area contributed by atoms with Gasteiger partial charge in [0.25, 0.3) is 0 Å². The van der Waals surface area contributed by atoms with Crippen molar-refractivity contribution >= 4 is 23.4 Å². The van der Waals surface area contributed by atoms with E-state index in [0.29, 0.717) is 29.2 Å². The molecule has 0 radical (unpaired) electrons. The Labute approximate surface area is 200 Å². The smallest absolute Gasteiger partial charge is 0.416 e. The Morgan fingerprint density at radius 1 is 0.722 bits per heavy atom. The standard InChI is InChI=1S/C24H18F6N2O4/c1-2-35-21(33)14-3-7-19(8-4-14)36-20-9-5-17(6-10-20)31-22(34)32-18-12-15(23(25,26)27)11-16(13-18)24(28,29)30/h3-13H,2H2,1H3,(H2,31,32,34). The summed E-state index contributed by atoms with van der Waals surface area (Å²) in [6.07, 6.45) is -10.1. The van der Waals surface area contributed by atoms with Crippen LogP contribution in [0.2, 0.25) is 0 Å². The number of rotatable bonds is 6. The molecule has 2 amide bonds. The van der Waals surface area contributed by atoms with Crippen molar-refractivity contribution in [2.75, 3.05) is 17.2 Å². The highest BCUT2D eigenvalue weighted by Gasteiger charge is 2.37. The van der Waals surface area contributed by atoms with Crippen LogP contribution in [0, 0.1) is 0 Å². The average Bonchev–Trinajstić information content (AvgIpc) is 2.79. The van der Waals surface area contributed by atoms with E-state index in [2.05, 4.69) is 5.32 Å². The number of esters is 1. The van der Waals surface area contributed by atoms with Crippen molar-refractivity contribution < 1.29 is 45.4 Å². The van der Waals surface area contributed by atoms with Gasteiger partial charge in [0, 0.05) is 11.4 Å². The molecule has 0 spiro atoms. The first-order chi connectivity index (χ1) is 16.8. The molecule has 0 heterocycles. The highest BCUT2D eigenvalue weighted by Crippen LogP contribution is 2.37. The second-order valence-corrected chi connectivity index (χ2v) is 7.24. The number of carbonyl (C=O) groups is 2. The first-order valence-electron chi connectivity index (χ1n) is 10.3. The molecule has 0 atom stereocenters. The number of benzene rings is 3. The van der Waals surface area contributed by atoms with Gasteiger partial charge in [0.2, 0.25) is 0 Å². The van der Waals surface area contributed by atoms with Gasteiger partial charge < -0.3 is 20.1 Å². The zero-order valence-corrected chi connectivity index (χ0v) is 18.5. The molecule has 3 aromatic rings. The number of nitrogens with one attached hydrogen (secondary N) is 2. The minimum atomic E-state index is -5.04. The molecule has 0 bridgehead atoms. The molecule has 0 unspecified atom stereocenters. The van der Waals surface area contributed by atoms with Crippen molar-refractivity contribution in [3.63, 3.8) is 0 Å². The summed E-state index contributed by atoms with van der Waals surface area (Å²) in [5.41, 5.74) is -3.24. The largest absolute Gasteiger partial charge is 0.462 e. The number of anilines is 2. The molecule has 0 aromatic heterocycles. The summed E-state index contributed by atoms with van der Waals surface area (Å²) < 4.78 is 88.4. The van der Waals surface area contributed by atoms with Crippen LogP contribution < -0.4 is 15.4 Å². The molecule has 0 saturated carbocycles. The average molecular weight is 512 g/mol. The van der Waals surface area contributed by atoms with Crippen molar-refractivity contribution in [3.8, 4) is 11.5 Å². The maximum atomic E-state index is 13.0. The molecule has 190 valence electrons. The van der Waals surface area contributed by atoms with Crippen LogP contribution in [0.5, 0.6) is 11.5 Å². The Bertz CT molecular complexity index is 1190. The Hall–Kier alpha value is -4.22. The first kappa shape index (κ1) is 26.4. The lowest BCUT2D eigenvalue weighted by Gasteiger charge is -2.15. The van der Waals surface area contributed by atoms with Crippen molar-refractivity contribution in [2.45, 2.75) is 19.3 Å². The quantitative estimate of drug-likeness (QED) is 0.268. The third-order valence-corrected chi connectivity index (χ3v) is 4.56. The van der Waals surface area contributed by atoms with Crippen LogP contribution in [0.1, 0.15) is 28.4 Å². The van der Waals surface area contributed by atoms with Gasteiger partial charge in [-0.15, -0.1) is 0 Å². The Morgan fingerprint density at radius 2 is 1.19 bits per heavy atom. The van der Waals surface area contributed by atoms with Crippen LogP contribution in [-0.4, -0.2) is 18.6 Å². The highest BCUT2D eigenvalue weighted by molar-refractivity contribution is 5.99. The molecule has 0 fully saturated rings. The predicted molar refractivity (Wildman–Crippen MR) is 118 cm³/mol. The third-order valence-electron chi connectivity index (χ3n) is 4.56. The van der Waals surface area contributed by atoms with Crippen LogP contribution in [0.15, 0.2) is 66.7 Å². The van der Waals surface area contributed by atoms with E-state index in [1.54, 1.807) is 19.1 Å². The summed E-state index contributed by atoms with van der Waals surface area (Å²) in [4.78, 5) is 23.8. The maximum absolute atomic E-state index is 13.0. The van der Waals surface area contributed by atoms with Gasteiger partial charge in [0.15, 0.2) is 0 Å². The number of carbonyl (C=O) groups excluding carboxylic acids is 2. The van der Waals surface area contributed by atoms with Crippen LogP contribution in [0.25, 0.3) is 0 Å². The molecule has 3 aromatic carbocycles. The first-order valence-corrected chi connectivity index (χ1v) is 10.3. The maximum Gasteiger partial charge on any atom is 0.416 e. The van der Waals surface area contributed by atoms with Gasteiger partial charge in [0.1, 0.15) is 11.5 Å². The normalized spacial score (nSPS) is 11.5. The van der Waals surface area contributed by atoms with Crippen LogP contribution in [-0.2, 0) is 17.1 Å². The van der Waals surface area contributed by atoms with Crippen LogP contribution in [0.3, 0.4) is 0 Å². The summed E-state index contributed by atoms with van der Waals surface area (Å²) in [5, 5.41) is 4.28. The Balaban J connectivity index is 1.65. The summed E-state index contributed by atoms with van der Waals surface area (Å²) in [5.74, 6) is 0.293. The monoisotopic (exact) mass is 512 g/mol. The van der Waals surface area contributed by atoms with E-state index in [0.717, 1.165) is 0 Å². The number of urea groups is 1. The van der Waals surface area contributed by atoms with E-state index in [1.165, 1.54) is 36.4 Å². The van der Waals surface area contributed by atoms with Crippen molar-refractivity contribution in [1.82, 2.24) is 0 Å². The van der Waals surface area contributed by atoms with Crippen molar-refractivity contribution in [1.29, 1.82) is 0 Å². The van der Waals surface area contributed by atoms with Gasteiger partial charge in [-0.3, -0.25) is 0 Å². The number of halogens is 6. The summed E-state index contributed by atoms with van der Waals surface area (Å²) in [6.45, 7) is 1.93. The zero-order chi connectivity index (χ0) is 26.5. The molecule has 0 aliphatic carbocycles. The summed E-state index contributed by atoms with van der Waals surface area (Å²) in [6, 6.07) is 11.6. The SMILES string of the molecule is CCOC(=O)c1ccc(Oc2ccc(NC(=O)Nc3cc(C(F)(F)F)cc(C(F)(F)F)c3)cc2)cc1. The lowest BCUT2D eigenvalue weighted by molar-refractivity contribution is -0.143. The molecule has 0 saturated heterocycles. The minimum Gasteiger partial charge on any atom is -0.462 e. The molecule has 12 heteroatoms. The van der Waals surface area contributed by atoms with Crippen molar-refractivity contribution in [2.24, 2.45) is 0 Å². The van der Waals surface area contributed by atoms with E-state index < -0.39 is 41.2 Å². The Morgan fingerprint density at radius 3 is 1.67 bits per heavy atom. The topological polar surface area (TPSA) is 76.7 Å². The highest BCUT2D eigenvalue weighted by atomic mass is 19.4. The number of alkyl halides is 6. The van der Waals surface area contributed by atoms with E-state index in [-0.39, 0.29) is 18.4 Å². The second kappa shape index (κ2) is 10.6. The molecule has 6 nitrogen and oxygen atoms in total. The second-order valence-electron chi connectivity index (χ2n) is 7.24. The van der Waals surface area contributed by atoms with Gasteiger partial charge in [0.05, 0.1) is 23.3 Å². The fourth-order valence-corrected chi connectivity index (χ4v) is 2.94. The van der Waals surface area contributed by atoms with E-state index in [4.69, 9.17) is 9.47 Å². The molecule has 2 N–H and O–H groups in total. The summed E-state index contributed by atoms with van der Waals surface area (Å²) >= 11 is 0. The Kier molecular flexibility index (Phi) is 7.76. The third kappa shape index (κ3) is 7.14. The molecule has 3 rings (SSSR count). The molecule has 0 aliphatic rings. The van der Waals surface area contributed by atoms with Gasteiger partial charge >= 0.3 is 24.4 Å². The van der Waals surface area contributed by atoms with Gasteiger partial charge in [-0.25, -0.2) is 9.59 Å². The molecular formula is C24H18F6N2O4. The van der Waals surface area contributed by atoms with Gasteiger partial charge in [-0.1, -0.05) is 0 Å². The molecule has 36 heavy (non-hydrogen) atoms. The van der Waals surface area contributed by atoms with Crippen LogP contribution >= 0.6 is 0 Å². The van der Waals surface area contributed by atoms with E-state index in [9.17, 15) is 35.9 Å². The fourth-order valence-electron chi connectivity index (χ4n) is 2.94. The van der Waals surface area contributed by atoms with Crippen LogP contribution in [0.4, 0.5) is 42.5 Å². The van der Waals surface area contributed by atoms with Crippen molar-refractivity contribution in [3.05, 3.63) is 83.4 Å². The fraction of sp³-hybridized carbons (Fsp3) is 0.167. The number of hydrogen-bond donors (Lipinski definition) is 2. The lowest BCUT2D eigenvalue weighted by atomic mass is 10.1. The number of ether oxygens (including phenoxy) is 2. The predicted octanol–water partition coefficient (Wildman–Crippen LogP) is 7.34.